The lowest BCUT2D eigenvalue weighted by Gasteiger charge is -2.25. The SMILES string of the molecule is CCOC(C)(C)CCCC(C)CCOc1ccc(Cl)cc1OC. The van der Waals surface area contributed by atoms with Gasteiger partial charge in [0.1, 0.15) is 0 Å². The fourth-order valence-corrected chi connectivity index (χ4v) is 2.78. The van der Waals surface area contributed by atoms with E-state index in [1.807, 2.05) is 19.1 Å². The zero-order valence-electron chi connectivity index (χ0n) is 15.2. The number of hydrogen-bond acceptors (Lipinski definition) is 3. The van der Waals surface area contributed by atoms with Crippen LogP contribution in [0.2, 0.25) is 5.02 Å². The first-order valence-corrected chi connectivity index (χ1v) is 8.86. The van der Waals surface area contributed by atoms with Crippen molar-refractivity contribution in [1.29, 1.82) is 0 Å². The summed E-state index contributed by atoms with van der Waals surface area (Å²) in [7, 11) is 1.63. The van der Waals surface area contributed by atoms with Crippen molar-refractivity contribution in [3.8, 4) is 11.5 Å². The van der Waals surface area contributed by atoms with Crippen molar-refractivity contribution < 1.29 is 14.2 Å². The summed E-state index contributed by atoms with van der Waals surface area (Å²) >= 11 is 5.95. The van der Waals surface area contributed by atoms with Crippen LogP contribution in [-0.2, 0) is 4.74 Å². The van der Waals surface area contributed by atoms with Crippen molar-refractivity contribution in [2.45, 2.75) is 59.0 Å². The summed E-state index contributed by atoms with van der Waals surface area (Å²) in [5, 5.41) is 0.652. The molecule has 3 nitrogen and oxygen atoms in total. The van der Waals surface area contributed by atoms with Gasteiger partial charge in [0.2, 0.25) is 0 Å². The first kappa shape index (κ1) is 20.1. The summed E-state index contributed by atoms with van der Waals surface area (Å²) in [6.45, 7) is 10.1. The van der Waals surface area contributed by atoms with Gasteiger partial charge >= 0.3 is 0 Å². The lowest BCUT2D eigenvalue weighted by molar-refractivity contribution is -0.0183. The van der Waals surface area contributed by atoms with Crippen molar-refractivity contribution in [2.24, 2.45) is 5.92 Å². The minimum atomic E-state index is -0.0123. The first-order chi connectivity index (χ1) is 10.9. The van der Waals surface area contributed by atoms with E-state index in [0.29, 0.717) is 23.3 Å². The third-order valence-electron chi connectivity index (χ3n) is 4.00. The lowest BCUT2D eigenvalue weighted by atomic mass is 9.95. The van der Waals surface area contributed by atoms with Gasteiger partial charge in [0.25, 0.3) is 0 Å². The summed E-state index contributed by atoms with van der Waals surface area (Å²) in [6, 6.07) is 5.45. The number of rotatable bonds is 11. The standard InChI is InChI=1S/C19H31ClO3/c1-6-23-19(3,4)12-7-8-15(2)11-13-22-17-10-9-16(20)14-18(17)21-5/h9-10,14-15H,6-8,11-13H2,1-5H3. The maximum Gasteiger partial charge on any atom is 0.162 e. The molecule has 0 aliphatic carbocycles. The molecule has 23 heavy (non-hydrogen) atoms. The van der Waals surface area contributed by atoms with E-state index in [-0.39, 0.29) is 5.60 Å². The van der Waals surface area contributed by atoms with Gasteiger partial charge in [0.15, 0.2) is 11.5 Å². The molecule has 1 atom stereocenters. The molecule has 0 radical (unpaired) electrons. The Morgan fingerprint density at radius 2 is 1.91 bits per heavy atom. The van der Waals surface area contributed by atoms with Gasteiger partial charge in [-0.25, -0.2) is 0 Å². The summed E-state index contributed by atoms with van der Waals surface area (Å²) in [6.07, 6.45) is 4.49. The van der Waals surface area contributed by atoms with E-state index in [9.17, 15) is 0 Å². The molecular formula is C19H31ClO3. The van der Waals surface area contributed by atoms with Crippen molar-refractivity contribution in [3.63, 3.8) is 0 Å². The second-order valence-electron chi connectivity index (χ2n) is 6.62. The average Bonchev–Trinajstić information content (AvgIpc) is 2.48. The van der Waals surface area contributed by atoms with Crippen LogP contribution < -0.4 is 9.47 Å². The zero-order valence-corrected chi connectivity index (χ0v) is 15.9. The Morgan fingerprint density at radius 3 is 2.57 bits per heavy atom. The van der Waals surface area contributed by atoms with Crippen molar-refractivity contribution in [1.82, 2.24) is 0 Å². The minimum absolute atomic E-state index is 0.0123. The quantitative estimate of drug-likeness (QED) is 0.513. The van der Waals surface area contributed by atoms with Crippen LogP contribution >= 0.6 is 11.6 Å². The number of halogens is 1. The molecule has 0 aliphatic heterocycles. The highest BCUT2D eigenvalue weighted by Gasteiger charge is 2.17. The zero-order chi connectivity index (χ0) is 17.3. The van der Waals surface area contributed by atoms with E-state index in [1.165, 1.54) is 12.8 Å². The summed E-state index contributed by atoms with van der Waals surface area (Å²) in [5.74, 6) is 2.07. The Bertz CT molecular complexity index is 460. The number of hydrogen-bond donors (Lipinski definition) is 0. The summed E-state index contributed by atoms with van der Waals surface area (Å²) in [5.41, 5.74) is -0.0123. The molecule has 132 valence electrons. The van der Waals surface area contributed by atoms with Crippen LogP contribution in [0.25, 0.3) is 0 Å². The van der Waals surface area contributed by atoms with Gasteiger partial charge in [0.05, 0.1) is 19.3 Å². The predicted octanol–water partition coefficient (Wildman–Crippen LogP) is 5.74. The normalized spacial score (nSPS) is 13.0. The van der Waals surface area contributed by atoms with Crippen LogP contribution in [0.3, 0.4) is 0 Å². The van der Waals surface area contributed by atoms with E-state index in [4.69, 9.17) is 25.8 Å². The van der Waals surface area contributed by atoms with E-state index < -0.39 is 0 Å². The Hall–Kier alpha value is -0.930. The highest BCUT2D eigenvalue weighted by Crippen LogP contribution is 2.30. The highest BCUT2D eigenvalue weighted by molar-refractivity contribution is 6.30. The molecule has 1 unspecified atom stereocenters. The fourth-order valence-electron chi connectivity index (χ4n) is 2.61. The maximum atomic E-state index is 5.95. The molecular weight excluding hydrogens is 312 g/mol. The third kappa shape index (κ3) is 7.94. The van der Waals surface area contributed by atoms with Gasteiger partial charge in [-0.1, -0.05) is 31.4 Å². The molecule has 0 N–H and O–H groups in total. The first-order valence-electron chi connectivity index (χ1n) is 8.48. The second kappa shape index (κ2) is 10.0. The van der Waals surface area contributed by atoms with E-state index in [2.05, 4.69) is 20.8 Å². The van der Waals surface area contributed by atoms with Gasteiger partial charge < -0.3 is 14.2 Å². The van der Waals surface area contributed by atoms with Gasteiger partial charge in [-0.05, 0) is 51.7 Å². The van der Waals surface area contributed by atoms with Crippen molar-refractivity contribution in [3.05, 3.63) is 23.2 Å². The molecule has 0 saturated carbocycles. The van der Waals surface area contributed by atoms with Crippen LogP contribution in [0.5, 0.6) is 11.5 Å². The molecule has 0 spiro atoms. The van der Waals surface area contributed by atoms with Gasteiger partial charge in [0, 0.05) is 17.7 Å². The van der Waals surface area contributed by atoms with E-state index in [0.717, 1.165) is 25.2 Å². The van der Waals surface area contributed by atoms with Crippen LogP contribution in [0, 0.1) is 5.92 Å². The number of ether oxygens (including phenoxy) is 3. The monoisotopic (exact) mass is 342 g/mol. The lowest BCUT2D eigenvalue weighted by Crippen LogP contribution is -2.24. The van der Waals surface area contributed by atoms with E-state index >= 15 is 0 Å². The number of methoxy groups -OCH3 is 1. The second-order valence-corrected chi connectivity index (χ2v) is 7.06. The molecule has 0 amide bonds. The Kier molecular flexibility index (Phi) is 8.78. The molecule has 1 aromatic carbocycles. The predicted molar refractivity (Wildman–Crippen MR) is 96.8 cm³/mol. The van der Waals surface area contributed by atoms with Crippen molar-refractivity contribution in [2.75, 3.05) is 20.3 Å². The Balaban J connectivity index is 2.28. The van der Waals surface area contributed by atoms with Crippen LogP contribution in [0.15, 0.2) is 18.2 Å². The molecule has 0 fully saturated rings. The van der Waals surface area contributed by atoms with Crippen LogP contribution in [0.4, 0.5) is 0 Å². The van der Waals surface area contributed by atoms with Crippen molar-refractivity contribution >= 4 is 11.6 Å². The number of benzene rings is 1. The minimum Gasteiger partial charge on any atom is -0.493 e. The van der Waals surface area contributed by atoms with Gasteiger partial charge in [-0.2, -0.15) is 0 Å². The molecule has 0 saturated heterocycles. The smallest absolute Gasteiger partial charge is 0.162 e. The average molecular weight is 343 g/mol. The Labute approximate surface area is 146 Å². The summed E-state index contributed by atoms with van der Waals surface area (Å²) < 4.78 is 16.9. The molecule has 4 heteroatoms. The fraction of sp³-hybridized carbons (Fsp3) is 0.684. The van der Waals surface area contributed by atoms with Crippen LogP contribution in [-0.4, -0.2) is 25.9 Å². The van der Waals surface area contributed by atoms with Crippen LogP contribution in [0.1, 0.15) is 53.4 Å². The molecule has 1 rings (SSSR count). The largest absolute Gasteiger partial charge is 0.493 e. The molecule has 1 aromatic rings. The van der Waals surface area contributed by atoms with Gasteiger partial charge in [-0.3, -0.25) is 0 Å². The molecule has 0 heterocycles. The highest BCUT2D eigenvalue weighted by atomic mass is 35.5. The third-order valence-corrected chi connectivity index (χ3v) is 4.24. The Morgan fingerprint density at radius 1 is 1.17 bits per heavy atom. The maximum absolute atomic E-state index is 5.95. The topological polar surface area (TPSA) is 27.7 Å². The molecule has 0 aliphatic rings. The summed E-state index contributed by atoms with van der Waals surface area (Å²) in [4.78, 5) is 0. The molecule has 0 bridgehead atoms. The molecule has 0 aromatic heterocycles. The van der Waals surface area contributed by atoms with Gasteiger partial charge in [-0.15, -0.1) is 0 Å². The van der Waals surface area contributed by atoms with E-state index in [1.54, 1.807) is 13.2 Å².